The lowest BCUT2D eigenvalue weighted by Gasteiger charge is -2.27. The maximum absolute atomic E-state index is 11.4. The molecule has 7 heteroatoms. The molecule has 0 saturated carbocycles. The van der Waals surface area contributed by atoms with Gasteiger partial charge in [-0.3, -0.25) is 4.57 Å². The van der Waals surface area contributed by atoms with Gasteiger partial charge in [-0.2, -0.15) is 0 Å². The van der Waals surface area contributed by atoms with Crippen LogP contribution in [0, 0.1) is 0 Å². The summed E-state index contributed by atoms with van der Waals surface area (Å²) in [5, 5.41) is 0. The normalized spacial score (nSPS) is 16.9. The van der Waals surface area contributed by atoms with Crippen molar-refractivity contribution in [3.63, 3.8) is 0 Å². The third-order valence-electron chi connectivity index (χ3n) is 2.55. The second-order valence-electron chi connectivity index (χ2n) is 3.90. The standard InChI is InChI=1S/C10H18NO5P/c1-2-16-10(12)11-6-3-9(4-7-11)5-8-17(13,14)15/h5H,2-4,6-8H2,1H3,(H2,13,14,15). The van der Waals surface area contributed by atoms with Gasteiger partial charge in [0.2, 0.25) is 0 Å². The van der Waals surface area contributed by atoms with E-state index < -0.39 is 7.60 Å². The summed E-state index contributed by atoms with van der Waals surface area (Å²) >= 11 is 0. The maximum Gasteiger partial charge on any atom is 0.409 e. The lowest BCUT2D eigenvalue weighted by molar-refractivity contribution is 0.104. The first-order valence-corrected chi connectivity index (χ1v) is 7.36. The monoisotopic (exact) mass is 263 g/mol. The maximum atomic E-state index is 11.4. The van der Waals surface area contributed by atoms with Crippen LogP contribution in [-0.4, -0.2) is 46.6 Å². The summed E-state index contributed by atoms with van der Waals surface area (Å²) in [5.41, 5.74) is 0.994. The van der Waals surface area contributed by atoms with Gasteiger partial charge in [-0.15, -0.1) is 0 Å². The van der Waals surface area contributed by atoms with Crippen LogP contribution in [0.2, 0.25) is 0 Å². The summed E-state index contributed by atoms with van der Waals surface area (Å²) in [6, 6.07) is 0. The van der Waals surface area contributed by atoms with E-state index in [1.807, 2.05) is 0 Å². The van der Waals surface area contributed by atoms with E-state index >= 15 is 0 Å². The highest BCUT2D eigenvalue weighted by atomic mass is 31.2. The summed E-state index contributed by atoms with van der Waals surface area (Å²) in [6.45, 7) is 3.21. The van der Waals surface area contributed by atoms with Gasteiger partial charge in [0.1, 0.15) is 0 Å². The Morgan fingerprint density at radius 1 is 1.47 bits per heavy atom. The predicted molar refractivity (Wildman–Crippen MR) is 62.8 cm³/mol. The first-order chi connectivity index (χ1) is 7.92. The fraction of sp³-hybridized carbons (Fsp3) is 0.700. The summed E-state index contributed by atoms with van der Waals surface area (Å²) in [6.07, 6.45) is 2.35. The van der Waals surface area contributed by atoms with Crippen molar-refractivity contribution in [3.05, 3.63) is 11.6 Å². The molecule has 1 saturated heterocycles. The molecule has 1 amide bonds. The molecule has 1 fully saturated rings. The highest BCUT2D eigenvalue weighted by molar-refractivity contribution is 7.51. The second kappa shape index (κ2) is 6.19. The Labute approximate surface area is 100 Å². The fourth-order valence-corrected chi connectivity index (χ4v) is 2.14. The minimum atomic E-state index is -3.96. The van der Waals surface area contributed by atoms with Crippen molar-refractivity contribution >= 4 is 13.7 Å². The molecule has 0 unspecified atom stereocenters. The number of rotatable bonds is 3. The molecule has 0 aromatic rings. The number of ether oxygens (including phenoxy) is 1. The SMILES string of the molecule is CCOC(=O)N1CCC(=CCP(=O)(O)O)CC1. The molecule has 2 N–H and O–H groups in total. The Bertz CT molecular complexity index is 339. The molecule has 1 heterocycles. The topological polar surface area (TPSA) is 87.1 Å². The Kier molecular flexibility index (Phi) is 5.18. The lowest BCUT2D eigenvalue weighted by atomic mass is 10.0. The van der Waals surface area contributed by atoms with Crippen LogP contribution in [0.1, 0.15) is 19.8 Å². The number of likely N-dealkylation sites (tertiary alicyclic amines) is 1. The highest BCUT2D eigenvalue weighted by Gasteiger charge is 2.20. The van der Waals surface area contributed by atoms with Crippen LogP contribution in [0.25, 0.3) is 0 Å². The van der Waals surface area contributed by atoms with Crippen LogP contribution in [0.5, 0.6) is 0 Å². The summed E-state index contributed by atoms with van der Waals surface area (Å²) in [4.78, 5) is 30.5. The van der Waals surface area contributed by atoms with E-state index in [2.05, 4.69) is 0 Å². The van der Waals surface area contributed by atoms with Gasteiger partial charge in [0.05, 0.1) is 12.8 Å². The molecule has 1 aliphatic rings. The molecule has 1 rings (SSSR count). The molecular formula is C10H18NO5P. The van der Waals surface area contributed by atoms with Gasteiger partial charge in [0.15, 0.2) is 0 Å². The zero-order valence-electron chi connectivity index (χ0n) is 9.83. The van der Waals surface area contributed by atoms with Crippen molar-refractivity contribution in [1.29, 1.82) is 0 Å². The van der Waals surface area contributed by atoms with Gasteiger partial charge < -0.3 is 19.4 Å². The molecule has 17 heavy (non-hydrogen) atoms. The minimum Gasteiger partial charge on any atom is -0.450 e. The number of carbonyl (C=O) groups excluding carboxylic acids is 1. The van der Waals surface area contributed by atoms with Crippen LogP contribution in [0.15, 0.2) is 11.6 Å². The molecular weight excluding hydrogens is 245 g/mol. The van der Waals surface area contributed by atoms with Crippen molar-refractivity contribution in [2.24, 2.45) is 0 Å². The number of allylic oxidation sites excluding steroid dienone is 1. The molecule has 6 nitrogen and oxygen atoms in total. The van der Waals surface area contributed by atoms with E-state index in [1.54, 1.807) is 17.9 Å². The predicted octanol–water partition coefficient (Wildman–Crippen LogP) is 1.34. The number of carbonyl (C=O) groups is 1. The summed E-state index contributed by atoms with van der Waals surface area (Å²) < 4.78 is 15.6. The number of piperidine rings is 1. The Balaban J connectivity index is 2.40. The molecule has 1 aliphatic heterocycles. The van der Waals surface area contributed by atoms with Crippen LogP contribution in [-0.2, 0) is 9.30 Å². The van der Waals surface area contributed by atoms with Crippen LogP contribution >= 0.6 is 7.60 Å². The second-order valence-corrected chi connectivity index (χ2v) is 5.59. The first kappa shape index (κ1) is 14.2. The Morgan fingerprint density at radius 3 is 2.53 bits per heavy atom. The van der Waals surface area contributed by atoms with E-state index in [1.165, 1.54) is 0 Å². The smallest absolute Gasteiger partial charge is 0.409 e. The van der Waals surface area contributed by atoms with Gasteiger partial charge in [0, 0.05) is 13.1 Å². The van der Waals surface area contributed by atoms with Crippen molar-refractivity contribution in [1.82, 2.24) is 4.90 Å². The van der Waals surface area contributed by atoms with Gasteiger partial charge >= 0.3 is 13.7 Å². The zero-order chi connectivity index (χ0) is 12.9. The average molecular weight is 263 g/mol. The molecule has 0 aliphatic carbocycles. The van der Waals surface area contributed by atoms with Crippen molar-refractivity contribution < 1.29 is 23.9 Å². The minimum absolute atomic E-state index is 0.220. The molecule has 0 aromatic carbocycles. The molecule has 0 atom stereocenters. The third-order valence-corrected chi connectivity index (χ3v) is 3.21. The molecule has 0 aromatic heterocycles. The quantitative estimate of drug-likeness (QED) is 0.592. The highest BCUT2D eigenvalue weighted by Crippen LogP contribution is 2.35. The van der Waals surface area contributed by atoms with Gasteiger partial charge in [-0.05, 0) is 19.8 Å². The van der Waals surface area contributed by atoms with E-state index in [-0.39, 0.29) is 12.3 Å². The number of amides is 1. The van der Waals surface area contributed by atoms with Crippen molar-refractivity contribution in [2.75, 3.05) is 25.9 Å². The van der Waals surface area contributed by atoms with E-state index in [0.29, 0.717) is 32.5 Å². The van der Waals surface area contributed by atoms with Crippen LogP contribution in [0.4, 0.5) is 4.79 Å². The zero-order valence-corrected chi connectivity index (χ0v) is 10.7. The Morgan fingerprint density at radius 2 is 2.06 bits per heavy atom. The van der Waals surface area contributed by atoms with Crippen LogP contribution < -0.4 is 0 Å². The largest absolute Gasteiger partial charge is 0.450 e. The van der Waals surface area contributed by atoms with E-state index in [9.17, 15) is 9.36 Å². The molecule has 0 bridgehead atoms. The molecule has 0 spiro atoms. The third kappa shape index (κ3) is 5.35. The summed E-state index contributed by atoms with van der Waals surface area (Å²) in [7, 11) is -3.96. The number of hydrogen-bond acceptors (Lipinski definition) is 3. The lowest BCUT2D eigenvalue weighted by Crippen LogP contribution is -2.36. The van der Waals surface area contributed by atoms with Crippen LogP contribution in [0.3, 0.4) is 0 Å². The molecule has 0 radical (unpaired) electrons. The van der Waals surface area contributed by atoms with E-state index in [0.717, 1.165) is 5.57 Å². The van der Waals surface area contributed by atoms with Crippen molar-refractivity contribution in [3.8, 4) is 0 Å². The van der Waals surface area contributed by atoms with Gasteiger partial charge in [-0.1, -0.05) is 11.6 Å². The number of hydrogen-bond donors (Lipinski definition) is 2. The Hall–Kier alpha value is -0.840. The average Bonchev–Trinajstić information content (AvgIpc) is 2.26. The number of nitrogens with zero attached hydrogens (tertiary/aromatic N) is 1. The summed E-state index contributed by atoms with van der Waals surface area (Å²) in [5.74, 6) is 0. The van der Waals surface area contributed by atoms with E-state index in [4.69, 9.17) is 14.5 Å². The fourth-order valence-electron chi connectivity index (χ4n) is 1.64. The molecule has 98 valence electrons. The van der Waals surface area contributed by atoms with Gasteiger partial charge in [-0.25, -0.2) is 4.79 Å². The van der Waals surface area contributed by atoms with Gasteiger partial charge in [0.25, 0.3) is 0 Å². The van der Waals surface area contributed by atoms with Crippen molar-refractivity contribution in [2.45, 2.75) is 19.8 Å². The first-order valence-electron chi connectivity index (χ1n) is 5.56.